The van der Waals surface area contributed by atoms with Gasteiger partial charge in [-0.15, -0.1) is 0 Å². The van der Waals surface area contributed by atoms with Gasteiger partial charge in [0.15, 0.2) is 0 Å². The zero-order valence-corrected chi connectivity index (χ0v) is 6.08. The molecule has 0 amide bonds. The Morgan fingerprint density at radius 1 is 1.70 bits per heavy atom. The van der Waals surface area contributed by atoms with Gasteiger partial charge in [0.05, 0.1) is 0 Å². The molecule has 56 valence electrons. The Morgan fingerprint density at radius 3 is 2.60 bits per heavy atom. The number of carbonyl (C=O) groups is 1. The number of rotatable bonds is 4. The van der Waals surface area contributed by atoms with E-state index in [0.29, 0.717) is 12.7 Å². The summed E-state index contributed by atoms with van der Waals surface area (Å²) in [5.74, 6) is 0. The molecule has 0 aliphatic heterocycles. The van der Waals surface area contributed by atoms with Crippen LogP contribution in [-0.4, -0.2) is 17.0 Å². The summed E-state index contributed by atoms with van der Waals surface area (Å²) >= 11 is 0. The highest BCUT2D eigenvalue weighted by Crippen LogP contribution is 2.11. The molecule has 2 heteroatoms. The van der Waals surface area contributed by atoms with Crippen LogP contribution < -0.4 is 0 Å². The van der Waals surface area contributed by atoms with E-state index in [1.807, 2.05) is 6.92 Å². The Kier molecular flexibility index (Phi) is 3.65. The fourth-order valence-corrected chi connectivity index (χ4v) is 0.536. The van der Waals surface area contributed by atoms with Crippen molar-refractivity contribution >= 4 is 6.29 Å². The van der Waals surface area contributed by atoms with E-state index >= 15 is 0 Å². The highest BCUT2D eigenvalue weighted by Gasteiger charge is 2.14. The molecule has 0 aromatic carbocycles. The highest BCUT2D eigenvalue weighted by atomic mass is 16.3. The second-order valence-corrected chi connectivity index (χ2v) is 2.04. The minimum Gasteiger partial charge on any atom is -0.382 e. The monoisotopic (exact) mass is 140 g/mol. The molecule has 0 rings (SSSR count). The molecule has 10 heavy (non-hydrogen) atoms. The number of hydrogen-bond acceptors (Lipinski definition) is 2. The largest absolute Gasteiger partial charge is 0.382 e. The summed E-state index contributed by atoms with van der Waals surface area (Å²) in [6, 6.07) is 0. The van der Waals surface area contributed by atoms with Crippen LogP contribution in [0, 0.1) is 0 Å². The minimum absolute atomic E-state index is 0.529. The van der Waals surface area contributed by atoms with Crippen molar-refractivity contribution in [2.24, 2.45) is 0 Å². The van der Waals surface area contributed by atoms with Crippen LogP contribution in [0.5, 0.6) is 0 Å². The van der Waals surface area contributed by atoms with Crippen LogP contribution in [0.3, 0.4) is 0 Å². The van der Waals surface area contributed by atoms with Crippen LogP contribution in [0.2, 0.25) is 0 Å². The van der Waals surface area contributed by atoms with E-state index in [-0.39, 0.29) is 0 Å². The molecule has 0 heterocycles. The molecule has 0 bridgehead atoms. The average molecular weight is 140 g/mol. The fourth-order valence-electron chi connectivity index (χ4n) is 0.536. The quantitative estimate of drug-likeness (QED) is 0.360. The fraction of sp³-hybridized carbons (Fsp3) is 0.375. The van der Waals surface area contributed by atoms with Crippen molar-refractivity contribution in [3.8, 4) is 0 Å². The van der Waals surface area contributed by atoms with Gasteiger partial charge in [-0.25, -0.2) is 0 Å². The van der Waals surface area contributed by atoms with E-state index in [0.717, 1.165) is 0 Å². The van der Waals surface area contributed by atoms with Crippen molar-refractivity contribution in [3.63, 3.8) is 0 Å². The van der Waals surface area contributed by atoms with E-state index in [9.17, 15) is 9.90 Å². The van der Waals surface area contributed by atoms with E-state index in [1.54, 1.807) is 0 Å². The molecule has 0 spiro atoms. The summed E-state index contributed by atoms with van der Waals surface area (Å²) in [5, 5.41) is 9.40. The summed E-state index contributed by atoms with van der Waals surface area (Å²) in [5.41, 5.74) is -1.01. The van der Waals surface area contributed by atoms with Crippen LogP contribution in [0.4, 0.5) is 0 Å². The number of hydrogen-bond donors (Lipinski definition) is 1. The van der Waals surface area contributed by atoms with Gasteiger partial charge in [0, 0.05) is 0 Å². The Labute approximate surface area is 60.9 Å². The summed E-state index contributed by atoms with van der Waals surface area (Å²) < 4.78 is 0. The zero-order valence-electron chi connectivity index (χ0n) is 6.08. The molecule has 0 saturated carbocycles. The Bertz CT molecular complexity index is 149. The van der Waals surface area contributed by atoms with Crippen LogP contribution >= 0.6 is 0 Å². The third-order valence-corrected chi connectivity index (χ3v) is 1.38. The van der Waals surface area contributed by atoms with Gasteiger partial charge in [-0.1, -0.05) is 19.6 Å². The molecule has 0 radical (unpaired) electrons. The first kappa shape index (κ1) is 9.11. The van der Waals surface area contributed by atoms with Gasteiger partial charge in [-0.05, 0) is 18.6 Å². The van der Waals surface area contributed by atoms with Crippen LogP contribution in [0.15, 0.2) is 24.8 Å². The Morgan fingerprint density at radius 2 is 2.30 bits per heavy atom. The topological polar surface area (TPSA) is 37.3 Å². The number of allylic oxidation sites excluding steroid dienone is 1. The van der Waals surface area contributed by atoms with E-state index < -0.39 is 5.60 Å². The molecule has 0 aromatic heterocycles. The van der Waals surface area contributed by atoms with Gasteiger partial charge in [-0.2, -0.15) is 0 Å². The summed E-state index contributed by atoms with van der Waals surface area (Å²) in [4.78, 5) is 9.85. The van der Waals surface area contributed by atoms with Crippen LogP contribution in [0.25, 0.3) is 0 Å². The lowest BCUT2D eigenvalue weighted by Crippen LogP contribution is -2.20. The van der Waals surface area contributed by atoms with Crippen molar-refractivity contribution < 1.29 is 9.90 Å². The van der Waals surface area contributed by atoms with Gasteiger partial charge >= 0.3 is 0 Å². The second kappa shape index (κ2) is 4.01. The number of aliphatic hydroxyl groups is 1. The molecule has 1 atom stereocenters. The van der Waals surface area contributed by atoms with Crippen molar-refractivity contribution in [1.82, 2.24) is 0 Å². The van der Waals surface area contributed by atoms with Gasteiger partial charge in [0.1, 0.15) is 11.9 Å². The average Bonchev–Trinajstić information content (AvgIpc) is 2.00. The van der Waals surface area contributed by atoms with Gasteiger partial charge in [-0.3, -0.25) is 4.79 Å². The second-order valence-electron chi connectivity index (χ2n) is 2.04. The molecular formula is C8H12O2. The maximum atomic E-state index is 9.85. The molecule has 1 unspecified atom stereocenters. The van der Waals surface area contributed by atoms with Gasteiger partial charge in [0.25, 0.3) is 0 Å². The lowest BCUT2D eigenvalue weighted by atomic mass is 10.0. The summed E-state index contributed by atoms with van der Waals surface area (Å²) in [7, 11) is 0. The molecule has 1 N–H and O–H groups in total. The maximum absolute atomic E-state index is 9.85. The van der Waals surface area contributed by atoms with Crippen molar-refractivity contribution in [3.05, 3.63) is 24.8 Å². The smallest absolute Gasteiger partial charge is 0.142 e. The van der Waals surface area contributed by atoms with E-state index in [2.05, 4.69) is 6.58 Å². The lowest BCUT2D eigenvalue weighted by molar-refractivity contribution is -0.104. The number of carbonyl (C=O) groups excluding carboxylic acids is 1. The number of aldehydes is 1. The maximum Gasteiger partial charge on any atom is 0.142 e. The Balaban J connectivity index is 4.18. The summed E-state index contributed by atoms with van der Waals surface area (Å²) in [6.07, 6.45) is 5.26. The van der Waals surface area contributed by atoms with Gasteiger partial charge < -0.3 is 5.11 Å². The van der Waals surface area contributed by atoms with Gasteiger partial charge in [0.2, 0.25) is 0 Å². The molecule has 2 nitrogen and oxygen atoms in total. The summed E-state index contributed by atoms with van der Waals surface area (Å²) in [6.45, 7) is 5.26. The van der Waals surface area contributed by atoms with Crippen molar-refractivity contribution in [2.75, 3.05) is 0 Å². The first-order chi connectivity index (χ1) is 4.68. The first-order valence-electron chi connectivity index (χ1n) is 3.17. The van der Waals surface area contributed by atoms with Crippen molar-refractivity contribution in [1.29, 1.82) is 0 Å². The SMILES string of the molecule is C=CC(O)(/C=C/C=O)CC. The van der Waals surface area contributed by atoms with Crippen molar-refractivity contribution in [2.45, 2.75) is 18.9 Å². The molecule has 0 aromatic rings. The molecule has 0 aliphatic rings. The van der Waals surface area contributed by atoms with E-state index in [1.165, 1.54) is 18.2 Å². The normalized spacial score (nSPS) is 16.6. The molecular weight excluding hydrogens is 128 g/mol. The third-order valence-electron chi connectivity index (χ3n) is 1.38. The lowest BCUT2D eigenvalue weighted by Gasteiger charge is -2.16. The zero-order chi connectivity index (χ0) is 8.04. The minimum atomic E-state index is -1.01. The molecule has 0 aliphatic carbocycles. The van der Waals surface area contributed by atoms with Crippen LogP contribution in [-0.2, 0) is 4.79 Å². The van der Waals surface area contributed by atoms with Crippen LogP contribution in [0.1, 0.15) is 13.3 Å². The Hall–Kier alpha value is -0.890. The molecule has 0 fully saturated rings. The molecule has 0 saturated heterocycles. The standard InChI is InChI=1S/C8H12O2/c1-3-8(10,4-2)6-5-7-9/h3,5-7,10H,1,4H2,2H3/b6-5+. The predicted molar refractivity (Wildman–Crippen MR) is 40.6 cm³/mol. The highest BCUT2D eigenvalue weighted by molar-refractivity contribution is 5.65. The van der Waals surface area contributed by atoms with E-state index in [4.69, 9.17) is 0 Å². The predicted octanol–water partition coefficient (Wildman–Crippen LogP) is 1.07. The third kappa shape index (κ3) is 2.60. The first-order valence-corrected chi connectivity index (χ1v) is 3.17.